The van der Waals surface area contributed by atoms with Crippen LogP contribution in [-0.2, 0) is 0 Å². The van der Waals surface area contributed by atoms with Gasteiger partial charge in [-0.25, -0.2) is 9.97 Å². The van der Waals surface area contributed by atoms with Gasteiger partial charge in [-0.2, -0.15) is 0 Å². The Morgan fingerprint density at radius 1 is 1.04 bits per heavy atom. The molecule has 1 saturated carbocycles. The summed E-state index contributed by atoms with van der Waals surface area (Å²) in [7, 11) is 4.35. The van der Waals surface area contributed by atoms with Crippen LogP contribution in [0.1, 0.15) is 31.2 Å². The molecule has 3 aromatic rings. The van der Waals surface area contributed by atoms with Gasteiger partial charge >= 0.3 is 0 Å². The number of nitrogens with one attached hydrogen (secondary N) is 1. The fourth-order valence-corrected chi connectivity index (χ4v) is 3.96. The maximum atomic E-state index is 4.73. The molecule has 0 aliphatic heterocycles. The standard InChI is InChI=1S/C22H27N5/c1-15-10-11-23-14-20(15)16-4-9-21-17(12-16)13-24-22(26-21)25-18-5-7-19(8-6-18)27(2)3/h4,9-14,18-19H,5-8H2,1-3H3,(H,24,25,26). The van der Waals surface area contributed by atoms with Crippen molar-refractivity contribution in [3.8, 4) is 11.1 Å². The van der Waals surface area contributed by atoms with E-state index >= 15 is 0 Å². The van der Waals surface area contributed by atoms with Crippen LogP contribution in [0.25, 0.3) is 22.0 Å². The van der Waals surface area contributed by atoms with Gasteiger partial charge in [0.05, 0.1) is 5.52 Å². The fourth-order valence-electron chi connectivity index (χ4n) is 3.96. The van der Waals surface area contributed by atoms with Crippen molar-refractivity contribution in [1.29, 1.82) is 0 Å². The number of benzene rings is 1. The molecule has 0 radical (unpaired) electrons. The molecule has 5 heteroatoms. The molecule has 1 N–H and O–H groups in total. The highest BCUT2D eigenvalue weighted by Gasteiger charge is 2.22. The average molecular weight is 361 g/mol. The first-order valence-electron chi connectivity index (χ1n) is 9.71. The van der Waals surface area contributed by atoms with Crippen molar-refractivity contribution in [1.82, 2.24) is 19.9 Å². The van der Waals surface area contributed by atoms with Crippen molar-refractivity contribution < 1.29 is 0 Å². The van der Waals surface area contributed by atoms with E-state index < -0.39 is 0 Å². The zero-order valence-electron chi connectivity index (χ0n) is 16.3. The molecule has 0 atom stereocenters. The molecule has 0 unspecified atom stereocenters. The second kappa shape index (κ2) is 7.61. The fraction of sp³-hybridized carbons (Fsp3) is 0.409. The predicted octanol–water partition coefficient (Wildman–Crippen LogP) is 4.28. The van der Waals surface area contributed by atoms with Crippen molar-refractivity contribution in [2.24, 2.45) is 0 Å². The topological polar surface area (TPSA) is 53.9 Å². The minimum Gasteiger partial charge on any atom is -0.351 e. The van der Waals surface area contributed by atoms with Crippen LogP contribution in [-0.4, -0.2) is 46.0 Å². The van der Waals surface area contributed by atoms with Gasteiger partial charge in [0.2, 0.25) is 5.95 Å². The Balaban J connectivity index is 1.50. The lowest BCUT2D eigenvalue weighted by Crippen LogP contribution is -2.36. The van der Waals surface area contributed by atoms with Gasteiger partial charge in [0.25, 0.3) is 0 Å². The molecule has 0 amide bonds. The van der Waals surface area contributed by atoms with Gasteiger partial charge in [-0.1, -0.05) is 6.07 Å². The lowest BCUT2D eigenvalue weighted by molar-refractivity contribution is 0.221. The van der Waals surface area contributed by atoms with Gasteiger partial charge < -0.3 is 10.2 Å². The summed E-state index contributed by atoms with van der Waals surface area (Å²) in [6.45, 7) is 2.11. The number of aromatic nitrogens is 3. The first-order chi connectivity index (χ1) is 13.1. The lowest BCUT2D eigenvalue weighted by atomic mass is 9.91. The van der Waals surface area contributed by atoms with E-state index in [1.807, 2.05) is 24.7 Å². The number of fused-ring (bicyclic) bond motifs is 1. The Kier molecular flexibility index (Phi) is 5.03. The van der Waals surface area contributed by atoms with Crippen molar-refractivity contribution in [2.45, 2.75) is 44.7 Å². The second-order valence-corrected chi connectivity index (χ2v) is 7.77. The molecule has 0 saturated heterocycles. The van der Waals surface area contributed by atoms with Crippen LogP contribution in [0.2, 0.25) is 0 Å². The monoisotopic (exact) mass is 361 g/mol. The average Bonchev–Trinajstić information content (AvgIpc) is 2.68. The maximum absolute atomic E-state index is 4.73. The summed E-state index contributed by atoms with van der Waals surface area (Å²) in [5.74, 6) is 0.737. The van der Waals surface area contributed by atoms with Gasteiger partial charge in [0, 0.05) is 41.6 Å². The molecule has 5 nitrogen and oxygen atoms in total. The summed E-state index contributed by atoms with van der Waals surface area (Å²) in [6, 6.07) is 9.54. The molecular weight excluding hydrogens is 334 g/mol. The van der Waals surface area contributed by atoms with E-state index in [4.69, 9.17) is 4.98 Å². The second-order valence-electron chi connectivity index (χ2n) is 7.77. The number of rotatable bonds is 4. The number of aryl methyl sites for hydroxylation is 1. The zero-order chi connectivity index (χ0) is 18.8. The van der Waals surface area contributed by atoms with E-state index in [1.165, 1.54) is 31.2 Å². The number of hydrogen-bond donors (Lipinski definition) is 1. The quantitative estimate of drug-likeness (QED) is 0.751. The van der Waals surface area contributed by atoms with E-state index in [2.05, 4.69) is 59.4 Å². The highest BCUT2D eigenvalue weighted by molar-refractivity contribution is 5.85. The summed E-state index contributed by atoms with van der Waals surface area (Å²) >= 11 is 0. The predicted molar refractivity (Wildman–Crippen MR) is 111 cm³/mol. The molecule has 0 spiro atoms. The molecule has 1 aliphatic rings. The zero-order valence-corrected chi connectivity index (χ0v) is 16.3. The third kappa shape index (κ3) is 3.93. The molecule has 1 aromatic carbocycles. The third-order valence-corrected chi connectivity index (χ3v) is 5.69. The molecule has 2 heterocycles. The largest absolute Gasteiger partial charge is 0.351 e. The van der Waals surface area contributed by atoms with E-state index in [-0.39, 0.29) is 0 Å². The summed E-state index contributed by atoms with van der Waals surface area (Å²) in [5, 5.41) is 4.59. The van der Waals surface area contributed by atoms with Crippen molar-refractivity contribution >= 4 is 16.9 Å². The number of pyridine rings is 1. The lowest BCUT2D eigenvalue weighted by Gasteiger charge is -2.32. The summed E-state index contributed by atoms with van der Waals surface area (Å²) in [4.78, 5) is 15.9. The van der Waals surface area contributed by atoms with Crippen molar-refractivity contribution in [2.75, 3.05) is 19.4 Å². The third-order valence-electron chi connectivity index (χ3n) is 5.69. The molecule has 4 rings (SSSR count). The molecule has 1 aliphatic carbocycles. The van der Waals surface area contributed by atoms with Gasteiger partial charge in [-0.05, 0) is 76.0 Å². The van der Waals surface area contributed by atoms with E-state index in [0.29, 0.717) is 12.1 Å². The molecule has 27 heavy (non-hydrogen) atoms. The first-order valence-corrected chi connectivity index (χ1v) is 9.71. The minimum atomic E-state index is 0.468. The number of hydrogen-bond acceptors (Lipinski definition) is 5. The van der Waals surface area contributed by atoms with Gasteiger partial charge in [0.15, 0.2) is 0 Å². The molecule has 140 valence electrons. The number of nitrogens with zero attached hydrogens (tertiary/aromatic N) is 4. The molecular formula is C22H27N5. The van der Waals surface area contributed by atoms with Crippen LogP contribution in [0.3, 0.4) is 0 Å². The van der Waals surface area contributed by atoms with Gasteiger partial charge in [-0.15, -0.1) is 0 Å². The van der Waals surface area contributed by atoms with Crippen molar-refractivity contribution in [3.05, 3.63) is 48.4 Å². The van der Waals surface area contributed by atoms with Crippen molar-refractivity contribution in [3.63, 3.8) is 0 Å². The highest BCUT2D eigenvalue weighted by atomic mass is 15.1. The van der Waals surface area contributed by atoms with E-state index in [1.54, 1.807) is 0 Å². The summed E-state index contributed by atoms with van der Waals surface area (Å²) in [6.07, 6.45) is 10.5. The smallest absolute Gasteiger partial charge is 0.223 e. The highest BCUT2D eigenvalue weighted by Crippen LogP contribution is 2.27. The molecule has 1 fully saturated rings. The SMILES string of the molecule is Cc1ccncc1-c1ccc2nc(NC3CCC(N(C)C)CC3)ncc2c1. The summed E-state index contributed by atoms with van der Waals surface area (Å²) in [5.41, 5.74) is 4.50. The normalized spacial score (nSPS) is 20.1. The Bertz CT molecular complexity index is 929. The van der Waals surface area contributed by atoms with Crippen LogP contribution in [0.4, 0.5) is 5.95 Å². The molecule has 2 aromatic heterocycles. The Morgan fingerprint density at radius 3 is 2.59 bits per heavy atom. The summed E-state index contributed by atoms with van der Waals surface area (Å²) < 4.78 is 0. The van der Waals surface area contributed by atoms with Crippen LogP contribution in [0, 0.1) is 6.92 Å². The number of anilines is 1. The Hall–Kier alpha value is -2.53. The maximum Gasteiger partial charge on any atom is 0.223 e. The Labute approximate surface area is 160 Å². The van der Waals surface area contributed by atoms with Crippen LogP contribution in [0.5, 0.6) is 0 Å². The minimum absolute atomic E-state index is 0.468. The van der Waals surface area contributed by atoms with E-state index in [9.17, 15) is 0 Å². The van der Waals surface area contributed by atoms with Crippen LogP contribution in [0.15, 0.2) is 42.9 Å². The van der Waals surface area contributed by atoms with Crippen LogP contribution >= 0.6 is 0 Å². The van der Waals surface area contributed by atoms with E-state index in [0.717, 1.165) is 28.0 Å². The van der Waals surface area contributed by atoms with Gasteiger partial charge in [0.1, 0.15) is 0 Å². The Morgan fingerprint density at radius 2 is 1.85 bits per heavy atom. The molecule has 0 bridgehead atoms. The van der Waals surface area contributed by atoms with Crippen LogP contribution < -0.4 is 5.32 Å². The first kappa shape index (κ1) is 17.9. The van der Waals surface area contributed by atoms with Gasteiger partial charge in [-0.3, -0.25) is 4.98 Å².